The lowest BCUT2D eigenvalue weighted by Crippen LogP contribution is -2.45. The molecular formula is C47H85N2O6P. The van der Waals surface area contributed by atoms with E-state index < -0.39 is 26.6 Å². The van der Waals surface area contributed by atoms with Gasteiger partial charge in [-0.2, -0.15) is 0 Å². The maximum atomic E-state index is 12.8. The second-order valence-corrected chi connectivity index (χ2v) is 17.4. The predicted molar refractivity (Wildman–Crippen MR) is 237 cm³/mol. The molecule has 0 rings (SSSR count). The Kier molecular flexibility index (Phi) is 37.0. The Morgan fingerprint density at radius 1 is 0.625 bits per heavy atom. The van der Waals surface area contributed by atoms with E-state index in [1.165, 1.54) is 70.6 Å². The molecule has 0 saturated carbocycles. The van der Waals surface area contributed by atoms with E-state index in [-0.39, 0.29) is 12.5 Å². The molecule has 0 aromatic carbocycles. The van der Waals surface area contributed by atoms with Gasteiger partial charge in [0.25, 0.3) is 7.82 Å². The van der Waals surface area contributed by atoms with E-state index in [1.54, 1.807) is 6.08 Å². The average Bonchev–Trinajstić information content (AvgIpc) is 3.15. The Hall–Kier alpha value is -2.06. The first-order valence-corrected chi connectivity index (χ1v) is 23.8. The zero-order chi connectivity index (χ0) is 41.4. The van der Waals surface area contributed by atoms with Gasteiger partial charge in [-0.1, -0.05) is 151 Å². The minimum absolute atomic E-state index is 0.0154. The minimum atomic E-state index is -4.60. The number of rotatable bonds is 39. The molecule has 0 aromatic rings. The van der Waals surface area contributed by atoms with Crippen LogP contribution in [0.2, 0.25) is 0 Å². The largest absolute Gasteiger partial charge is 0.756 e. The molecule has 3 unspecified atom stereocenters. The molecule has 56 heavy (non-hydrogen) atoms. The van der Waals surface area contributed by atoms with Crippen molar-refractivity contribution < 1.29 is 32.9 Å². The van der Waals surface area contributed by atoms with Crippen molar-refractivity contribution in [2.75, 3.05) is 40.9 Å². The molecule has 0 aliphatic carbocycles. The average molecular weight is 805 g/mol. The highest BCUT2D eigenvalue weighted by Crippen LogP contribution is 2.38. The summed E-state index contributed by atoms with van der Waals surface area (Å²) in [6, 6.07) is -0.919. The van der Waals surface area contributed by atoms with Gasteiger partial charge in [-0.3, -0.25) is 9.36 Å². The maximum Gasteiger partial charge on any atom is 0.268 e. The van der Waals surface area contributed by atoms with Crippen LogP contribution in [-0.4, -0.2) is 68.5 Å². The van der Waals surface area contributed by atoms with E-state index in [0.717, 1.165) is 77.0 Å². The van der Waals surface area contributed by atoms with E-state index >= 15 is 0 Å². The highest BCUT2D eigenvalue weighted by Gasteiger charge is 2.23. The molecule has 2 N–H and O–H groups in total. The Morgan fingerprint density at radius 2 is 1.05 bits per heavy atom. The van der Waals surface area contributed by atoms with Crippen molar-refractivity contribution in [3.8, 4) is 0 Å². The second kappa shape index (κ2) is 38.5. The summed E-state index contributed by atoms with van der Waals surface area (Å²) in [5, 5.41) is 13.7. The normalized spacial score (nSPS) is 15.1. The lowest BCUT2D eigenvalue weighted by Gasteiger charge is -2.29. The van der Waals surface area contributed by atoms with Crippen molar-refractivity contribution in [3.63, 3.8) is 0 Å². The van der Waals surface area contributed by atoms with Crippen molar-refractivity contribution in [2.45, 2.75) is 180 Å². The Bertz CT molecular complexity index is 1140. The SMILES string of the molecule is CCCCC/C=C/CC/C=C/CC/C=C/C(O)C(COP(=O)([O-])OCC[N+](C)(C)C)NC(=O)CCCCCCCC/C=C\C/C=C\C/C=C\CCCCCCC. The zero-order valence-corrected chi connectivity index (χ0v) is 37.5. The van der Waals surface area contributed by atoms with Crippen LogP contribution in [0.4, 0.5) is 0 Å². The Morgan fingerprint density at radius 3 is 1.61 bits per heavy atom. The van der Waals surface area contributed by atoms with E-state index in [4.69, 9.17) is 9.05 Å². The van der Waals surface area contributed by atoms with E-state index in [2.05, 4.69) is 79.9 Å². The van der Waals surface area contributed by atoms with Crippen molar-refractivity contribution >= 4 is 13.7 Å². The molecule has 1 amide bonds. The molecule has 0 fully saturated rings. The summed E-state index contributed by atoms with van der Waals surface area (Å²) in [6.07, 6.45) is 50.9. The van der Waals surface area contributed by atoms with Gasteiger partial charge in [0.15, 0.2) is 0 Å². The topological polar surface area (TPSA) is 108 Å². The Balaban J connectivity index is 4.48. The van der Waals surface area contributed by atoms with Gasteiger partial charge in [-0.15, -0.1) is 0 Å². The predicted octanol–water partition coefficient (Wildman–Crippen LogP) is 11.8. The summed E-state index contributed by atoms with van der Waals surface area (Å²) in [7, 11) is 1.21. The number of likely N-dealkylation sites (N-methyl/N-ethyl adjacent to an activating group) is 1. The van der Waals surface area contributed by atoms with Gasteiger partial charge in [0.05, 0.1) is 39.9 Å². The van der Waals surface area contributed by atoms with Gasteiger partial charge in [0, 0.05) is 6.42 Å². The summed E-state index contributed by atoms with van der Waals surface area (Å²) in [4.78, 5) is 25.3. The number of quaternary nitrogens is 1. The fourth-order valence-corrected chi connectivity index (χ4v) is 6.50. The van der Waals surface area contributed by atoms with Crippen LogP contribution in [0.3, 0.4) is 0 Å². The number of hydrogen-bond donors (Lipinski definition) is 2. The molecule has 3 atom stereocenters. The number of nitrogens with zero attached hydrogens (tertiary/aromatic N) is 1. The fraction of sp³-hybridized carbons (Fsp3) is 0.723. The van der Waals surface area contributed by atoms with Gasteiger partial charge in [-0.25, -0.2) is 0 Å². The molecule has 0 bridgehead atoms. The minimum Gasteiger partial charge on any atom is -0.756 e. The number of phosphoric acid groups is 1. The van der Waals surface area contributed by atoms with Crippen LogP contribution < -0.4 is 10.2 Å². The van der Waals surface area contributed by atoms with Crippen molar-refractivity contribution in [1.29, 1.82) is 0 Å². The first kappa shape index (κ1) is 53.9. The van der Waals surface area contributed by atoms with Crippen molar-refractivity contribution in [2.24, 2.45) is 0 Å². The highest BCUT2D eigenvalue weighted by molar-refractivity contribution is 7.45. The molecule has 0 heterocycles. The van der Waals surface area contributed by atoms with Crippen LogP contribution in [0.5, 0.6) is 0 Å². The van der Waals surface area contributed by atoms with Gasteiger partial charge in [-0.05, 0) is 83.5 Å². The molecule has 0 radical (unpaired) electrons. The van der Waals surface area contributed by atoms with Gasteiger partial charge in [0.1, 0.15) is 13.2 Å². The number of nitrogens with one attached hydrogen (secondary N) is 1. The summed E-state index contributed by atoms with van der Waals surface area (Å²) < 4.78 is 23.1. The van der Waals surface area contributed by atoms with E-state index in [9.17, 15) is 19.4 Å². The van der Waals surface area contributed by atoms with E-state index in [0.29, 0.717) is 17.4 Å². The number of allylic oxidation sites excluding steroid dienone is 11. The van der Waals surface area contributed by atoms with Gasteiger partial charge < -0.3 is 28.8 Å². The summed E-state index contributed by atoms with van der Waals surface area (Å²) in [5.41, 5.74) is 0. The third-order valence-corrected chi connectivity index (χ3v) is 10.3. The van der Waals surface area contributed by atoms with Crippen LogP contribution in [0, 0.1) is 0 Å². The number of hydrogen-bond acceptors (Lipinski definition) is 6. The van der Waals surface area contributed by atoms with Crippen LogP contribution in [-0.2, 0) is 18.4 Å². The van der Waals surface area contributed by atoms with Crippen molar-refractivity contribution in [3.05, 3.63) is 72.9 Å². The maximum absolute atomic E-state index is 12.8. The van der Waals surface area contributed by atoms with Crippen LogP contribution in [0.15, 0.2) is 72.9 Å². The highest BCUT2D eigenvalue weighted by atomic mass is 31.2. The van der Waals surface area contributed by atoms with Crippen LogP contribution in [0.1, 0.15) is 168 Å². The van der Waals surface area contributed by atoms with Crippen molar-refractivity contribution in [1.82, 2.24) is 5.32 Å². The molecule has 0 spiro atoms. The first-order valence-electron chi connectivity index (χ1n) is 22.3. The summed E-state index contributed by atoms with van der Waals surface area (Å²) >= 11 is 0. The number of aliphatic hydroxyl groups is 1. The van der Waals surface area contributed by atoms with Crippen LogP contribution in [0.25, 0.3) is 0 Å². The van der Waals surface area contributed by atoms with Gasteiger partial charge >= 0.3 is 0 Å². The molecule has 0 aliphatic rings. The third-order valence-electron chi connectivity index (χ3n) is 9.37. The number of amides is 1. The molecule has 324 valence electrons. The molecule has 9 heteroatoms. The molecule has 0 aromatic heterocycles. The quantitative estimate of drug-likeness (QED) is 0.0277. The number of phosphoric ester groups is 1. The molecule has 8 nitrogen and oxygen atoms in total. The Labute approximate surface area is 344 Å². The first-order chi connectivity index (χ1) is 27.0. The molecule has 0 saturated heterocycles. The third kappa shape index (κ3) is 40.1. The second-order valence-electron chi connectivity index (χ2n) is 16.0. The number of carbonyl (C=O) groups is 1. The fourth-order valence-electron chi connectivity index (χ4n) is 5.78. The van der Waals surface area contributed by atoms with Crippen LogP contribution >= 0.6 is 7.82 Å². The standard InChI is InChI=1S/C47H85N2O6P/c1-6-8-10-12-14-16-18-20-21-22-23-24-25-26-27-29-31-33-35-37-39-41-47(51)48-45(44-55-56(52,53)54-43-42-49(3,4)5)46(50)40-38-36-34-32-30-28-19-17-15-13-11-9-7-2/h15,17-18,20,22-23,25-26,30,32,38,40,45-46,50H,6-14,16,19,21,24,27-29,31,33-37,39,41-44H2,1-5H3,(H-,48,51,52,53)/b17-15+,20-18-,23-22-,26-25-,32-30+,40-38+. The zero-order valence-electron chi connectivity index (χ0n) is 36.6. The number of carbonyl (C=O) groups excluding carboxylic acids is 1. The summed E-state index contributed by atoms with van der Waals surface area (Å²) in [6.45, 7) is 4.53. The summed E-state index contributed by atoms with van der Waals surface area (Å²) in [5.74, 6) is -0.229. The number of aliphatic hydroxyl groups excluding tert-OH is 1. The lowest BCUT2D eigenvalue weighted by atomic mass is 10.1. The smallest absolute Gasteiger partial charge is 0.268 e. The monoisotopic (exact) mass is 805 g/mol. The lowest BCUT2D eigenvalue weighted by molar-refractivity contribution is -0.870. The van der Waals surface area contributed by atoms with E-state index in [1.807, 2.05) is 27.2 Å². The number of unbranched alkanes of at least 4 members (excludes halogenated alkanes) is 16. The molecular weight excluding hydrogens is 719 g/mol. The van der Waals surface area contributed by atoms with Gasteiger partial charge in [0.2, 0.25) is 5.91 Å². The molecule has 0 aliphatic heterocycles.